The van der Waals surface area contributed by atoms with Crippen LogP contribution in [0.3, 0.4) is 0 Å². The molecule has 134 valence electrons. The second-order valence-electron chi connectivity index (χ2n) is 6.50. The van der Waals surface area contributed by atoms with E-state index in [1.165, 1.54) is 12.1 Å². The summed E-state index contributed by atoms with van der Waals surface area (Å²) in [7, 11) is 1.96. The molecule has 0 spiro atoms. The number of amides is 1. The van der Waals surface area contributed by atoms with E-state index >= 15 is 0 Å². The molecule has 6 nitrogen and oxygen atoms in total. The molecule has 1 N–H and O–H groups in total. The van der Waals surface area contributed by atoms with E-state index in [2.05, 4.69) is 15.4 Å². The van der Waals surface area contributed by atoms with Gasteiger partial charge in [0.05, 0.1) is 5.69 Å². The van der Waals surface area contributed by atoms with Crippen molar-refractivity contribution in [1.82, 2.24) is 25.0 Å². The standard InChI is InChI=1S/C18H24FN5O/c1-13-21-17(22-24(13)16-5-3-15(19)4-6-16)18(25)23-11-8-14(9-12-23)7-10-20-2/h3-6,14,20H,7-12H2,1-2H3. The van der Waals surface area contributed by atoms with E-state index in [0.29, 0.717) is 17.4 Å². The van der Waals surface area contributed by atoms with Gasteiger partial charge in [-0.2, -0.15) is 0 Å². The third-order valence-corrected chi connectivity index (χ3v) is 4.74. The normalized spacial score (nSPS) is 15.6. The van der Waals surface area contributed by atoms with Crippen LogP contribution in [0, 0.1) is 18.7 Å². The lowest BCUT2D eigenvalue weighted by Gasteiger charge is -2.31. The Labute approximate surface area is 147 Å². The van der Waals surface area contributed by atoms with Crippen LogP contribution in [0.25, 0.3) is 5.69 Å². The molecule has 2 aromatic rings. The summed E-state index contributed by atoms with van der Waals surface area (Å²) in [4.78, 5) is 18.8. The molecule has 1 aromatic carbocycles. The van der Waals surface area contributed by atoms with Crippen LogP contribution in [0.15, 0.2) is 24.3 Å². The average molecular weight is 345 g/mol. The Morgan fingerprint density at radius 3 is 2.60 bits per heavy atom. The van der Waals surface area contributed by atoms with Crippen molar-refractivity contribution in [3.05, 3.63) is 41.7 Å². The molecule has 0 saturated carbocycles. The summed E-state index contributed by atoms with van der Waals surface area (Å²) in [6.45, 7) is 4.30. The summed E-state index contributed by atoms with van der Waals surface area (Å²) >= 11 is 0. The first-order valence-corrected chi connectivity index (χ1v) is 8.72. The van der Waals surface area contributed by atoms with Gasteiger partial charge < -0.3 is 10.2 Å². The van der Waals surface area contributed by atoms with Crippen molar-refractivity contribution in [3.63, 3.8) is 0 Å². The van der Waals surface area contributed by atoms with Gasteiger partial charge in [0.25, 0.3) is 5.91 Å². The summed E-state index contributed by atoms with van der Waals surface area (Å²) < 4.78 is 14.7. The van der Waals surface area contributed by atoms with Crippen molar-refractivity contribution in [3.8, 4) is 5.69 Å². The lowest BCUT2D eigenvalue weighted by Crippen LogP contribution is -2.39. The average Bonchev–Trinajstić information content (AvgIpc) is 3.02. The molecule has 1 aliphatic heterocycles. The topological polar surface area (TPSA) is 63.1 Å². The smallest absolute Gasteiger partial charge is 0.293 e. The van der Waals surface area contributed by atoms with E-state index in [-0.39, 0.29) is 17.5 Å². The van der Waals surface area contributed by atoms with E-state index in [1.54, 1.807) is 23.7 Å². The quantitative estimate of drug-likeness (QED) is 0.902. The lowest BCUT2D eigenvalue weighted by molar-refractivity contribution is 0.0675. The molecule has 7 heteroatoms. The Kier molecular flexibility index (Phi) is 5.43. The second-order valence-corrected chi connectivity index (χ2v) is 6.50. The van der Waals surface area contributed by atoms with Crippen molar-refractivity contribution in [1.29, 1.82) is 0 Å². The molecule has 3 rings (SSSR count). The van der Waals surface area contributed by atoms with Crippen LogP contribution in [-0.4, -0.2) is 52.3 Å². The van der Waals surface area contributed by atoms with Gasteiger partial charge in [-0.1, -0.05) is 0 Å². The number of nitrogens with zero attached hydrogens (tertiary/aromatic N) is 4. The van der Waals surface area contributed by atoms with Crippen molar-refractivity contribution < 1.29 is 9.18 Å². The first-order chi connectivity index (χ1) is 12.1. The van der Waals surface area contributed by atoms with Gasteiger partial charge in [0.15, 0.2) is 0 Å². The van der Waals surface area contributed by atoms with E-state index in [9.17, 15) is 9.18 Å². The summed E-state index contributed by atoms with van der Waals surface area (Å²) in [5.41, 5.74) is 0.691. The second kappa shape index (κ2) is 7.74. The molecular formula is C18H24FN5O. The molecule has 1 aliphatic rings. The van der Waals surface area contributed by atoms with Gasteiger partial charge in [-0.05, 0) is 70.0 Å². The molecule has 2 heterocycles. The van der Waals surface area contributed by atoms with Crippen molar-refractivity contribution >= 4 is 5.91 Å². The molecule has 1 amide bonds. The van der Waals surface area contributed by atoms with Crippen LogP contribution in [0.5, 0.6) is 0 Å². The highest BCUT2D eigenvalue weighted by molar-refractivity contribution is 5.90. The molecule has 0 radical (unpaired) electrons. The van der Waals surface area contributed by atoms with Crippen LogP contribution in [0.1, 0.15) is 35.7 Å². The van der Waals surface area contributed by atoms with E-state index in [0.717, 1.165) is 38.9 Å². The molecule has 1 saturated heterocycles. The van der Waals surface area contributed by atoms with Crippen LogP contribution < -0.4 is 5.32 Å². The van der Waals surface area contributed by atoms with E-state index in [4.69, 9.17) is 0 Å². The summed E-state index contributed by atoms with van der Waals surface area (Å²) in [5.74, 6) is 1.05. The number of nitrogens with one attached hydrogen (secondary N) is 1. The maximum absolute atomic E-state index is 13.1. The highest BCUT2D eigenvalue weighted by Gasteiger charge is 2.26. The molecular weight excluding hydrogens is 321 g/mol. The predicted molar refractivity (Wildman–Crippen MR) is 93.2 cm³/mol. The molecule has 1 fully saturated rings. The maximum Gasteiger partial charge on any atom is 0.293 e. The SMILES string of the molecule is CNCCC1CCN(C(=O)c2nc(C)n(-c3ccc(F)cc3)n2)CC1. The Balaban J connectivity index is 1.67. The van der Waals surface area contributed by atoms with Gasteiger partial charge in [-0.25, -0.2) is 14.1 Å². The fourth-order valence-electron chi connectivity index (χ4n) is 3.22. The van der Waals surface area contributed by atoms with Gasteiger partial charge >= 0.3 is 0 Å². The number of piperidine rings is 1. The van der Waals surface area contributed by atoms with Crippen LogP contribution in [0.4, 0.5) is 4.39 Å². The number of hydrogen-bond donors (Lipinski definition) is 1. The number of aryl methyl sites for hydroxylation is 1. The largest absolute Gasteiger partial charge is 0.336 e. The minimum atomic E-state index is -0.307. The number of likely N-dealkylation sites (tertiary alicyclic amines) is 1. The van der Waals surface area contributed by atoms with Crippen molar-refractivity contribution in [2.45, 2.75) is 26.2 Å². The van der Waals surface area contributed by atoms with E-state index in [1.807, 2.05) is 11.9 Å². The zero-order valence-electron chi connectivity index (χ0n) is 14.7. The summed E-state index contributed by atoms with van der Waals surface area (Å²) in [5, 5.41) is 7.51. The molecule has 0 atom stereocenters. The Morgan fingerprint density at radius 1 is 1.28 bits per heavy atom. The van der Waals surface area contributed by atoms with Crippen molar-refractivity contribution in [2.24, 2.45) is 5.92 Å². The van der Waals surface area contributed by atoms with Crippen molar-refractivity contribution in [2.75, 3.05) is 26.7 Å². The number of hydrogen-bond acceptors (Lipinski definition) is 4. The number of aromatic nitrogens is 3. The molecule has 0 aliphatic carbocycles. The van der Waals surface area contributed by atoms with Gasteiger partial charge in [-0.15, -0.1) is 5.10 Å². The third-order valence-electron chi connectivity index (χ3n) is 4.74. The van der Waals surface area contributed by atoms with Crippen LogP contribution in [0.2, 0.25) is 0 Å². The van der Waals surface area contributed by atoms with Crippen LogP contribution >= 0.6 is 0 Å². The number of carbonyl (C=O) groups excluding carboxylic acids is 1. The minimum absolute atomic E-state index is 0.129. The minimum Gasteiger partial charge on any atom is -0.336 e. The number of rotatable bonds is 5. The number of halogens is 1. The Bertz CT molecular complexity index is 720. The lowest BCUT2D eigenvalue weighted by atomic mass is 9.93. The van der Waals surface area contributed by atoms with E-state index < -0.39 is 0 Å². The molecule has 0 bridgehead atoms. The first kappa shape index (κ1) is 17.5. The first-order valence-electron chi connectivity index (χ1n) is 8.72. The Hall–Kier alpha value is -2.28. The predicted octanol–water partition coefficient (Wildman–Crippen LogP) is 2.18. The maximum atomic E-state index is 13.1. The molecule has 0 unspecified atom stereocenters. The highest BCUT2D eigenvalue weighted by Crippen LogP contribution is 2.21. The number of carbonyl (C=O) groups is 1. The van der Waals surface area contributed by atoms with Gasteiger partial charge in [-0.3, -0.25) is 4.79 Å². The van der Waals surface area contributed by atoms with Gasteiger partial charge in [0.1, 0.15) is 11.6 Å². The zero-order chi connectivity index (χ0) is 17.8. The van der Waals surface area contributed by atoms with Gasteiger partial charge in [0, 0.05) is 13.1 Å². The summed E-state index contributed by atoms with van der Waals surface area (Å²) in [6.07, 6.45) is 3.19. The fraction of sp³-hybridized carbons (Fsp3) is 0.500. The molecule has 25 heavy (non-hydrogen) atoms. The van der Waals surface area contributed by atoms with Gasteiger partial charge in [0.2, 0.25) is 5.82 Å². The highest BCUT2D eigenvalue weighted by atomic mass is 19.1. The Morgan fingerprint density at radius 2 is 1.96 bits per heavy atom. The summed E-state index contributed by atoms with van der Waals surface area (Å²) in [6, 6.07) is 5.98. The monoisotopic (exact) mass is 345 g/mol. The molecule has 1 aromatic heterocycles. The zero-order valence-corrected chi connectivity index (χ0v) is 14.7. The fourth-order valence-corrected chi connectivity index (χ4v) is 3.22. The third kappa shape index (κ3) is 4.04. The van der Waals surface area contributed by atoms with Crippen LogP contribution in [-0.2, 0) is 0 Å². The number of benzene rings is 1.